The van der Waals surface area contributed by atoms with Crippen LogP contribution in [0.5, 0.6) is 5.75 Å². The van der Waals surface area contributed by atoms with Crippen LogP contribution >= 0.6 is 15.9 Å². The summed E-state index contributed by atoms with van der Waals surface area (Å²) in [6, 6.07) is 5.65. The van der Waals surface area contributed by atoms with Crippen LogP contribution in [0.15, 0.2) is 22.7 Å². The Morgan fingerprint density at radius 3 is 2.50 bits per heavy atom. The van der Waals surface area contributed by atoms with Crippen molar-refractivity contribution in [1.82, 2.24) is 0 Å². The Kier molecular flexibility index (Phi) is 2.12. The normalized spacial score (nSPS) is 28.9. The van der Waals surface area contributed by atoms with Crippen LogP contribution in [0.1, 0.15) is 25.3 Å². The third kappa shape index (κ3) is 1.35. The molecule has 0 unspecified atom stereocenters. The summed E-state index contributed by atoms with van der Waals surface area (Å²) in [4.78, 5) is 0. The number of halogens is 1. The van der Waals surface area contributed by atoms with Crippen molar-refractivity contribution in [2.45, 2.75) is 25.8 Å². The van der Waals surface area contributed by atoms with E-state index in [0.717, 1.165) is 10.0 Å². The maximum atomic E-state index is 9.72. The van der Waals surface area contributed by atoms with E-state index in [1.807, 2.05) is 12.1 Å². The van der Waals surface area contributed by atoms with Crippen molar-refractivity contribution in [3.05, 3.63) is 28.2 Å². The summed E-state index contributed by atoms with van der Waals surface area (Å²) in [7, 11) is 0. The Labute approximate surface area is 92.3 Å². The van der Waals surface area contributed by atoms with Crippen LogP contribution in [0.4, 0.5) is 0 Å². The van der Waals surface area contributed by atoms with Gasteiger partial charge in [-0.3, -0.25) is 0 Å². The zero-order chi connectivity index (χ0) is 10.5. The van der Waals surface area contributed by atoms with Gasteiger partial charge in [-0.1, -0.05) is 29.8 Å². The number of benzene rings is 1. The number of hydrogen-bond donors (Lipinski definition) is 2. The molecule has 1 aromatic rings. The minimum absolute atomic E-state index is 0.109. The minimum Gasteiger partial charge on any atom is -0.508 e. The predicted molar refractivity (Wildman–Crippen MR) is 60.3 cm³/mol. The Bertz CT molecular complexity index is 376. The van der Waals surface area contributed by atoms with Crippen LogP contribution in [-0.2, 0) is 0 Å². The monoisotopic (exact) mass is 255 g/mol. The van der Waals surface area contributed by atoms with Crippen LogP contribution in [0.2, 0.25) is 0 Å². The number of hydrogen-bond acceptors (Lipinski definition) is 2. The summed E-state index contributed by atoms with van der Waals surface area (Å²) in [5.74, 6) is 0.624. The van der Waals surface area contributed by atoms with Gasteiger partial charge in [0.15, 0.2) is 0 Å². The molecular weight excluding hydrogens is 242 g/mol. The maximum absolute atomic E-state index is 9.72. The Hall–Kier alpha value is -0.540. The molecule has 2 rings (SSSR count). The molecule has 2 nitrogen and oxygen atoms in total. The van der Waals surface area contributed by atoms with E-state index in [1.165, 1.54) is 0 Å². The van der Waals surface area contributed by atoms with Gasteiger partial charge in [-0.2, -0.15) is 0 Å². The first-order chi connectivity index (χ1) is 6.44. The zero-order valence-corrected chi connectivity index (χ0v) is 9.88. The SMILES string of the molecule is CC1(C)[C@@H](N)[C@@H]1c1cc(Br)ccc1O. The highest BCUT2D eigenvalue weighted by Gasteiger charge is 2.56. The lowest BCUT2D eigenvalue weighted by Crippen LogP contribution is -2.06. The van der Waals surface area contributed by atoms with Gasteiger partial charge < -0.3 is 10.8 Å². The van der Waals surface area contributed by atoms with Gasteiger partial charge in [0, 0.05) is 22.0 Å². The molecule has 0 saturated heterocycles. The molecule has 76 valence electrons. The summed E-state index contributed by atoms with van der Waals surface area (Å²) in [6.45, 7) is 4.26. The fourth-order valence-corrected chi connectivity index (χ4v) is 2.43. The van der Waals surface area contributed by atoms with Crippen LogP contribution < -0.4 is 5.73 Å². The highest BCUT2D eigenvalue weighted by molar-refractivity contribution is 9.10. The fourth-order valence-electron chi connectivity index (χ4n) is 2.05. The molecular formula is C11H14BrNO. The predicted octanol–water partition coefficient (Wildman–Crippen LogP) is 2.61. The van der Waals surface area contributed by atoms with Crippen LogP contribution in [0, 0.1) is 5.41 Å². The number of rotatable bonds is 1. The molecule has 0 bridgehead atoms. The molecule has 0 heterocycles. The van der Waals surface area contributed by atoms with Gasteiger partial charge >= 0.3 is 0 Å². The highest BCUT2D eigenvalue weighted by Crippen LogP contribution is 2.59. The molecule has 0 spiro atoms. The lowest BCUT2D eigenvalue weighted by molar-refractivity contribution is 0.464. The van der Waals surface area contributed by atoms with Gasteiger partial charge in [0.2, 0.25) is 0 Å². The number of phenolic OH excluding ortho intramolecular Hbond substituents is 1. The van der Waals surface area contributed by atoms with Crippen molar-refractivity contribution in [1.29, 1.82) is 0 Å². The average Bonchev–Trinajstić information content (AvgIpc) is 2.58. The summed E-state index contributed by atoms with van der Waals surface area (Å²) in [5.41, 5.74) is 7.03. The van der Waals surface area contributed by atoms with E-state index in [2.05, 4.69) is 29.8 Å². The number of aromatic hydroxyl groups is 1. The summed E-state index contributed by atoms with van der Waals surface area (Å²) < 4.78 is 0.986. The molecule has 0 amide bonds. The second-order valence-electron chi connectivity index (χ2n) is 4.53. The first-order valence-electron chi connectivity index (χ1n) is 4.68. The van der Waals surface area contributed by atoms with Crippen molar-refractivity contribution in [3.63, 3.8) is 0 Å². The smallest absolute Gasteiger partial charge is 0.119 e. The summed E-state index contributed by atoms with van der Waals surface area (Å²) in [6.07, 6.45) is 0. The van der Waals surface area contributed by atoms with E-state index < -0.39 is 0 Å². The molecule has 1 aliphatic rings. The largest absolute Gasteiger partial charge is 0.508 e. The lowest BCUT2D eigenvalue weighted by Gasteiger charge is -2.06. The summed E-state index contributed by atoms with van der Waals surface area (Å²) >= 11 is 3.40. The molecule has 2 atom stereocenters. The minimum atomic E-state index is 0.109. The number of phenols is 1. The van der Waals surface area contributed by atoms with Crippen molar-refractivity contribution in [2.24, 2.45) is 11.1 Å². The van der Waals surface area contributed by atoms with E-state index in [-0.39, 0.29) is 17.4 Å². The molecule has 3 N–H and O–H groups in total. The van der Waals surface area contributed by atoms with Crippen LogP contribution in [-0.4, -0.2) is 11.1 Å². The van der Waals surface area contributed by atoms with E-state index >= 15 is 0 Å². The van der Waals surface area contributed by atoms with Crippen molar-refractivity contribution in [2.75, 3.05) is 0 Å². The number of nitrogens with two attached hydrogens (primary N) is 1. The highest BCUT2D eigenvalue weighted by atomic mass is 79.9. The molecule has 1 aromatic carbocycles. The molecule has 3 heteroatoms. The quantitative estimate of drug-likeness (QED) is 0.811. The van der Waals surface area contributed by atoms with Crippen molar-refractivity contribution < 1.29 is 5.11 Å². The van der Waals surface area contributed by atoms with Gasteiger partial charge in [-0.05, 0) is 23.6 Å². The van der Waals surface area contributed by atoms with Gasteiger partial charge in [0.05, 0.1) is 0 Å². The molecule has 14 heavy (non-hydrogen) atoms. The van der Waals surface area contributed by atoms with Crippen molar-refractivity contribution >= 4 is 15.9 Å². The second kappa shape index (κ2) is 2.97. The van der Waals surface area contributed by atoms with Crippen LogP contribution in [0.25, 0.3) is 0 Å². The molecule has 0 radical (unpaired) electrons. The van der Waals surface area contributed by atoms with E-state index in [0.29, 0.717) is 5.75 Å². The second-order valence-corrected chi connectivity index (χ2v) is 5.44. The van der Waals surface area contributed by atoms with Gasteiger partial charge in [-0.25, -0.2) is 0 Å². The average molecular weight is 256 g/mol. The Morgan fingerprint density at radius 1 is 1.43 bits per heavy atom. The lowest BCUT2D eigenvalue weighted by atomic mass is 10.0. The molecule has 0 aromatic heterocycles. The maximum Gasteiger partial charge on any atom is 0.119 e. The van der Waals surface area contributed by atoms with E-state index in [9.17, 15) is 5.11 Å². The third-order valence-corrected chi connectivity index (χ3v) is 3.73. The molecule has 0 aliphatic heterocycles. The van der Waals surface area contributed by atoms with Gasteiger partial charge in [-0.15, -0.1) is 0 Å². The van der Waals surface area contributed by atoms with Crippen molar-refractivity contribution in [3.8, 4) is 5.75 Å². The van der Waals surface area contributed by atoms with Gasteiger partial charge in [0.1, 0.15) is 5.75 Å². The van der Waals surface area contributed by atoms with E-state index in [1.54, 1.807) is 6.07 Å². The molecule has 1 fully saturated rings. The van der Waals surface area contributed by atoms with E-state index in [4.69, 9.17) is 5.73 Å². The molecule has 1 aliphatic carbocycles. The molecule has 1 saturated carbocycles. The topological polar surface area (TPSA) is 46.2 Å². The first kappa shape index (κ1) is 9.99. The first-order valence-corrected chi connectivity index (χ1v) is 5.48. The van der Waals surface area contributed by atoms with Crippen LogP contribution in [0.3, 0.4) is 0 Å². The summed E-state index contributed by atoms with van der Waals surface area (Å²) in [5, 5.41) is 9.72. The Balaban J connectivity index is 2.39. The fraction of sp³-hybridized carbons (Fsp3) is 0.455. The zero-order valence-electron chi connectivity index (χ0n) is 8.29. The van der Waals surface area contributed by atoms with Gasteiger partial charge in [0.25, 0.3) is 0 Å². The standard InChI is InChI=1S/C11H14BrNO/c1-11(2)9(10(11)13)7-5-6(12)3-4-8(7)14/h3-5,9-10,14H,13H2,1-2H3/t9-,10-/m0/s1. The Morgan fingerprint density at radius 2 is 2.00 bits per heavy atom. The third-order valence-electron chi connectivity index (χ3n) is 3.24.